The van der Waals surface area contributed by atoms with E-state index in [9.17, 15) is 0 Å². The molecule has 0 unspecified atom stereocenters. The first kappa shape index (κ1) is 26.4. The monoisotopic (exact) mass is 582 g/mol. The summed E-state index contributed by atoms with van der Waals surface area (Å²) in [6.45, 7) is 0. The Balaban J connectivity index is 0.974. The van der Waals surface area contributed by atoms with E-state index in [-0.39, 0.29) is 0 Å². The highest BCUT2D eigenvalue weighted by Gasteiger charge is 2.04. The molecule has 0 saturated carbocycles. The van der Waals surface area contributed by atoms with Crippen molar-refractivity contribution in [1.29, 1.82) is 0 Å². The summed E-state index contributed by atoms with van der Waals surface area (Å²) in [6, 6.07) is 57.7. The van der Waals surface area contributed by atoms with Gasteiger partial charge in [-0.3, -0.25) is 0 Å². The molecule has 0 aromatic heterocycles. The lowest BCUT2D eigenvalue weighted by atomic mass is 9.97. The van der Waals surface area contributed by atoms with Gasteiger partial charge in [0.1, 0.15) is 0 Å². The van der Waals surface area contributed by atoms with Crippen molar-refractivity contribution < 1.29 is 0 Å². The second kappa shape index (κ2) is 10.9. The molecule has 9 aromatic rings. The van der Waals surface area contributed by atoms with Crippen LogP contribution in [0.4, 0.5) is 0 Å². The van der Waals surface area contributed by atoms with Gasteiger partial charge >= 0.3 is 0 Å². The molecule has 0 aliphatic heterocycles. The molecular formula is C46H30. The number of fused-ring (bicyclic) bond motifs is 7. The van der Waals surface area contributed by atoms with Gasteiger partial charge in [0.25, 0.3) is 0 Å². The van der Waals surface area contributed by atoms with Crippen LogP contribution >= 0.6 is 0 Å². The van der Waals surface area contributed by atoms with Gasteiger partial charge in [0, 0.05) is 0 Å². The van der Waals surface area contributed by atoms with Crippen molar-refractivity contribution in [3.63, 3.8) is 0 Å². The molecule has 9 rings (SSSR count). The molecule has 0 saturated heterocycles. The molecule has 0 nitrogen and oxygen atoms in total. The molecule has 0 heterocycles. The zero-order valence-corrected chi connectivity index (χ0v) is 25.3. The fourth-order valence-electron chi connectivity index (χ4n) is 6.82. The molecule has 0 atom stereocenters. The van der Waals surface area contributed by atoms with Gasteiger partial charge in [-0.25, -0.2) is 0 Å². The minimum absolute atomic E-state index is 1.20. The van der Waals surface area contributed by atoms with Gasteiger partial charge in [-0.05, 0) is 135 Å². The van der Waals surface area contributed by atoms with Crippen LogP contribution in [0.5, 0.6) is 0 Å². The third-order valence-electron chi connectivity index (χ3n) is 9.28. The van der Waals surface area contributed by atoms with Crippen molar-refractivity contribution in [3.8, 4) is 0 Å². The largest absolute Gasteiger partial charge is 0.0616 e. The van der Waals surface area contributed by atoms with Crippen LogP contribution in [0.25, 0.3) is 88.9 Å². The summed E-state index contributed by atoms with van der Waals surface area (Å²) in [6.07, 6.45) is 8.87. The van der Waals surface area contributed by atoms with Crippen molar-refractivity contribution in [2.45, 2.75) is 0 Å². The fourth-order valence-corrected chi connectivity index (χ4v) is 6.82. The highest BCUT2D eigenvalue weighted by Crippen LogP contribution is 2.30. The summed E-state index contributed by atoms with van der Waals surface area (Å²) in [4.78, 5) is 0. The molecule has 0 fully saturated rings. The molecule has 0 aliphatic carbocycles. The topological polar surface area (TPSA) is 0 Å². The van der Waals surface area contributed by atoms with Crippen LogP contribution < -0.4 is 0 Å². The standard InChI is InChI=1S/C46H30/c1-3-7-37-29-43-25-31(13-17-39(43)27-35(37)5-1)9-11-33-15-21-45-41(23-33)19-20-42-24-34(16-22-46(42)45)12-10-32-14-18-40-28-36-6-2-4-8-38(36)30-44(40)26-32/h1-30H. The van der Waals surface area contributed by atoms with E-state index in [1.165, 1.54) is 86.9 Å². The molecule has 0 aliphatic rings. The van der Waals surface area contributed by atoms with Gasteiger partial charge in [0.05, 0.1) is 0 Å². The number of benzene rings is 9. The highest BCUT2D eigenvalue weighted by atomic mass is 14.1. The molecule has 0 amide bonds. The Morgan fingerprint density at radius 3 is 0.891 bits per heavy atom. The van der Waals surface area contributed by atoms with Crippen LogP contribution in [-0.2, 0) is 0 Å². The fraction of sp³-hybridized carbons (Fsp3) is 0. The zero-order valence-electron chi connectivity index (χ0n) is 25.3. The van der Waals surface area contributed by atoms with Crippen LogP contribution in [0.2, 0.25) is 0 Å². The molecule has 9 aromatic carbocycles. The first-order valence-electron chi connectivity index (χ1n) is 15.9. The van der Waals surface area contributed by atoms with Crippen molar-refractivity contribution in [2.24, 2.45) is 0 Å². The molecule has 214 valence electrons. The van der Waals surface area contributed by atoms with E-state index in [2.05, 4.69) is 182 Å². The van der Waals surface area contributed by atoms with E-state index >= 15 is 0 Å². The average molecular weight is 583 g/mol. The minimum Gasteiger partial charge on any atom is -0.0616 e. The first-order valence-corrected chi connectivity index (χ1v) is 15.9. The van der Waals surface area contributed by atoms with Crippen molar-refractivity contribution in [3.05, 3.63) is 180 Å². The Hall–Kier alpha value is -5.98. The predicted molar refractivity (Wildman–Crippen MR) is 202 cm³/mol. The maximum atomic E-state index is 2.29. The number of hydrogen-bond donors (Lipinski definition) is 0. The van der Waals surface area contributed by atoms with E-state index in [0.29, 0.717) is 0 Å². The normalized spacial score (nSPS) is 12.2. The maximum absolute atomic E-state index is 2.29. The summed E-state index contributed by atoms with van der Waals surface area (Å²) in [7, 11) is 0. The SMILES string of the molecule is C(=Cc1ccc2c(ccc3cc(C=Cc4ccc5cc6ccccc6cc5c4)ccc32)c1)c1ccc2cc3ccccc3cc2c1. The minimum atomic E-state index is 1.20. The smallest absolute Gasteiger partial charge is 0.0105 e. The van der Waals surface area contributed by atoms with E-state index in [1.807, 2.05) is 0 Å². The van der Waals surface area contributed by atoms with Gasteiger partial charge < -0.3 is 0 Å². The molecule has 0 heteroatoms. The summed E-state index contributed by atoms with van der Waals surface area (Å²) in [5, 5.41) is 15.3. The molecule has 0 spiro atoms. The molecule has 46 heavy (non-hydrogen) atoms. The average Bonchev–Trinajstić information content (AvgIpc) is 3.10. The maximum Gasteiger partial charge on any atom is -0.0105 e. The lowest BCUT2D eigenvalue weighted by molar-refractivity contribution is 1.69. The van der Waals surface area contributed by atoms with E-state index in [4.69, 9.17) is 0 Å². The second-order valence-electron chi connectivity index (χ2n) is 12.3. The van der Waals surface area contributed by atoms with Crippen LogP contribution in [0.1, 0.15) is 22.3 Å². The quantitative estimate of drug-likeness (QED) is 0.110. The Labute approximate surface area is 268 Å². The summed E-state index contributed by atoms with van der Waals surface area (Å²) >= 11 is 0. The highest BCUT2D eigenvalue weighted by molar-refractivity contribution is 6.09. The van der Waals surface area contributed by atoms with E-state index in [0.717, 1.165) is 0 Å². The number of rotatable bonds is 4. The van der Waals surface area contributed by atoms with Gasteiger partial charge in [-0.1, -0.05) is 133 Å². The van der Waals surface area contributed by atoms with Crippen molar-refractivity contribution >= 4 is 88.9 Å². The lowest BCUT2D eigenvalue weighted by Crippen LogP contribution is -1.82. The summed E-state index contributed by atoms with van der Waals surface area (Å²) in [5.41, 5.74) is 4.82. The van der Waals surface area contributed by atoms with Crippen LogP contribution in [0.3, 0.4) is 0 Å². The summed E-state index contributed by atoms with van der Waals surface area (Å²) < 4.78 is 0. The Morgan fingerprint density at radius 1 is 0.217 bits per heavy atom. The van der Waals surface area contributed by atoms with Crippen LogP contribution in [-0.4, -0.2) is 0 Å². The van der Waals surface area contributed by atoms with Crippen molar-refractivity contribution in [2.75, 3.05) is 0 Å². The van der Waals surface area contributed by atoms with Gasteiger partial charge in [-0.2, -0.15) is 0 Å². The van der Waals surface area contributed by atoms with E-state index in [1.54, 1.807) is 0 Å². The third kappa shape index (κ3) is 4.91. The van der Waals surface area contributed by atoms with Gasteiger partial charge in [0.2, 0.25) is 0 Å². The second-order valence-corrected chi connectivity index (χ2v) is 12.3. The first-order chi connectivity index (χ1) is 22.7. The van der Waals surface area contributed by atoms with Gasteiger partial charge in [0.15, 0.2) is 0 Å². The van der Waals surface area contributed by atoms with Crippen molar-refractivity contribution in [1.82, 2.24) is 0 Å². The van der Waals surface area contributed by atoms with E-state index < -0.39 is 0 Å². The number of hydrogen-bond acceptors (Lipinski definition) is 0. The molecule has 0 N–H and O–H groups in total. The lowest BCUT2D eigenvalue weighted by Gasteiger charge is -2.07. The third-order valence-corrected chi connectivity index (χ3v) is 9.28. The zero-order chi connectivity index (χ0) is 30.5. The molecule has 0 bridgehead atoms. The molecule has 0 radical (unpaired) electrons. The summed E-state index contributed by atoms with van der Waals surface area (Å²) in [5.74, 6) is 0. The van der Waals surface area contributed by atoms with Gasteiger partial charge in [-0.15, -0.1) is 0 Å². The Morgan fingerprint density at radius 2 is 0.500 bits per heavy atom. The van der Waals surface area contributed by atoms with Crippen LogP contribution in [0.15, 0.2) is 158 Å². The molecular weight excluding hydrogens is 553 g/mol. The Bertz CT molecular complexity index is 2500. The predicted octanol–water partition coefficient (Wildman–Crippen LogP) is 12.9. The Kier molecular flexibility index (Phi) is 6.25. The van der Waals surface area contributed by atoms with Crippen LogP contribution in [0, 0.1) is 0 Å².